The van der Waals surface area contributed by atoms with E-state index < -0.39 is 0 Å². The number of aromatic nitrogens is 3. The van der Waals surface area contributed by atoms with Crippen molar-refractivity contribution >= 4 is 44.9 Å². The Kier molecular flexibility index (Phi) is 4.89. The second-order valence-electron chi connectivity index (χ2n) is 5.69. The van der Waals surface area contributed by atoms with Crippen LogP contribution in [0.1, 0.15) is 11.5 Å². The number of methoxy groups -OCH3 is 2. The van der Waals surface area contributed by atoms with Crippen molar-refractivity contribution in [1.82, 2.24) is 15.0 Å². The number of aromatic amines is 1. The Balaban J connectivity index is 1.74. The fraction of sp³-hybridized carbons (Fsp3) is 0.105. The summed E-state index contributed by atoms with van der Waals surface area (Å²) in [4.78, 5) is 24.1. The highest BCUT2D eigenvalue weighted by molar-refractivity contribution is 7.13. The number of furan rings is 1. The predicted molar refractivity (Wildman–Crippen MR) is 109 cm³/mol. The lowest BCUT2D eigenvalue weighted by Crippen LogP contribution is -2.11. The van der Waals surface area contributed by atoms with Gasteiger partial charge in [0.05, 0.1) is 42.1 Å². The number of nitrogens with zero attached hydrogens (tertiary/aromatic N) is 2. The molecule has 0 radical (unpaired) electrons. The molecule has 4 aromatic rings. The van der Waals surface area contributed by atoms with Gasteiger partial charge in [-0.05, 0) is 24.3 Å². The molecule has 142 valence electrons. The molecule has 28 heavy (non-hydrogen) atoms. The summed E-state index contributed by atoms with van der Waals surface area (Å²) in [7, 11) is 3.02. The van der Waals surface area contributed by atoms with Crippen molar-refractivity contribution in [2.24, 2.45) is 0 Å². The lowest BCUT2D eigenvalue weighted by molar-refractivity contribution is 0.355. The van der Waals surface area contributed by atoms with E-state index in [0.717, 1.165) is 5.01 Å². The smallest absolute Gasteiger partial charge is 0.259 e. The zero-order chi connectivity index (χ0) is 19.7. The van der Waals surface area contributed by atoms with Crippen LogP contribution in [0.2, 0.25) is 0 Å². The van der Waals surface area contributed by atoms with Crippen LogP contribution in [0.3, 0.4) is 0 Å². The van der Waals surface area contributed by atoms with Gasteiger partial charge in [0.25, 0.3) is 5.56 Å². The van der Waals surface area contributed by atoms with E-state index in [-0.39, 0.29) is 16.4 Å². The van der Waals surface area contributed by atoms with Crippen LogP contribution in [0.25, 0.3) is 32.8 Å². The summed E-state index contributed by atoms with van der Waals surface area (Å²) in [6.07, 6.45) is 3.22. The van der Waals surface area contributed by atoms with Gasteiger partial charge in [-0.2, -0.15) is 0 Å². The number of benzene rings is 1. The molecule has 9 heteroatoms. The summed E-state index contributed by atoms with van der Waals surface area (Å²) in [5.74, 6) is 1.84. The van der Waals surface area contributed by atoms with Crippen LogP contribution in [0.5, 0.6) is 11.5 Å². The molecule has 0 aliphatic carbocycles. The fourth-order valence-corrected chi connectivity index (χ4v) is 3.59. The van der Waals surface area contributed by atoms with Gasteiger partial charge in [0.15, 0.2) is 28.1 Å². The van der Waals surface area contributed by atoms with Gasteiger partial charge in [-0.3, -0.25) is 4.79 Å². The highest BCUT2D eigenvalue weighted by Gasteiger charge is 2.13. The Hall–Kier alpha value is -3.10. The molecule has 0 saturated carbocycles. The number of rotatable bonds is 5. The first-order chi connectivity index (χ1) is 13.6. The molecule has 3 heterocycles. The SMILES string of the molecule is COc1cc2nc(/C(Cl)=C/c3csc(-c4ccco4)n3)[nH]c(=O)c2cc1OC. The summed E-state index contributed by atoms with van der Waals surface area (Å²) in [5.41, 5.74) is 0.746. The highest BCUT2D eigenvalue weighted by atomic mass is 35.5. The molecule has 1 aromatic carbocycles. The molecule has 0 saturated heterocycles. The number of fused-ring (bicyclic) bond motifs is 1. The third-order valence-electron chi connectivity index (χ3n) is 3.97. The van der Waals surface area contributed by atoms with Crippen molar-refractivity contribution < 1.29 is 13.9 Å². The van der Waals surface area contributed by atoms with Crippen molar-refractivity contribution in [3.63, 3.8) is 0 Å². The van der Waals surface area contributed by atoms with Gasteiger partial charge < -0.3 is 18.9 Å². The minimum absolute atomic E-state index is 0.235. The van der Waals surface area contributed by atoms with Crippen molar-refractivity contribution in [3.05, 3.63) is 57.8 Å². The molecule has 0 bridgehead atoms. The molecular formula is C19H14ClN3O4S. The van der Waals surface area contributed by atoms with Crippen molar-refractivity contribution in [3.8, 4) is 22.3 Å². The van der Waals surface area contributed by atoms with Crippen LogP contribution < -0.4 is 15.0 Å². The van der Waals surface area contributed by atoms with Crippen LogP contribution in [-0.2, 0) is 0 Å². The predicted octanol–water partition coefficient (Wildman–Crippen LogP) is 4.39. The topological polar surface area (TPSA) is 90.2 Å². The summed E-state index contributed by atoms with van der Waals surface area (Å²) >= 11 is 7.82. The van der Waals surface area contributed by atoms with Crippen LogP contribution in [0, 0.1) is 0 Å². The number of thiazole rings is 1. The first-order valence-electron chi connectivity index (χ1n) is 8.12. The van der Waals surface area contributed by atoms with Crippen molar-refractivity contribution in [1.29, 1.82) is 0 Å². The second kappa shape index (κ2) is 7.49. The van der Waals surface area contributed by atoms with Gasteiger partial charge in [0.1, 0.15) is 0 Å². The van der Waals surface area contributed by atoms with Gasteiger partial charge in [-0.25, -0.2) is 9.97 Å². The summed E-state index contributed by atoms with van der Waals surface area (Å²) < 4.78 is 15.8. The normalized spacial score (nSPS) is 11.8. The standard InChI is InChI=1S/C19H14ClN3O4S/c1-25-15-7-11-13(8-16(15)26-2)22-17(23-18(11)24)12(20)6-10-9-28-19(21-10)14-4-3-5-27-14/h3-9H,1-2H3,(H,22,23,24)/b12-6-. The quantitative estimate of drug-likeness (QED) is 0.519. The van der Waals surface area contributed by atoms with E-state index in [4.69, 9.17) is 25.5 Å². The van der Waals surface area contributed by atoms with Crippen LogP contribution in [0.4, 0.5) is 0 Å². The van der Waals surface area contributed by atoms with Gasteiger partial charge in [0, 0.05) is 11.4 Å². The zero-order valence-electron chi connectivity index (χ0n) is 14.9. The van der Waals surface area contributed by atoms with E-state index in [2.05, 4.69) is 15.0 Å². The Morgan fingerprint density at radius 3 is 2.75 bits per heavy atom. The van der Waals surface area contributed by atoms with Gasteiger partial charge in [-0.1, -0.05) is 11.6 Å². The fourth-order valence-electron chi connectivity index (χ4n) is 2.64. The number of halogens is 1. The zero-order valence-corrected chi connectivity index (χ0v) is 16.4. The first kappa shape index (κ1) is 18.3. The average Bonchev–Trinajstić information content (AvgIpc) is 3.38. The van der Waals surface area contributed by atoms with E-state index in [0.29, 0.717) is 33.9 Å². The van der Waals surface area contributed by atoms with E-state index >= 15 is 0 Å². The maximum absolute atomic E-state index is 12.5. The maximum Gasteiger partial charge on any atom is 0.259 e. The molecule has 0 atom stereocenters. The minimum atomic E-state index is -0.331. The Bertz CT molecular complexity index is 1230. The van der Waals surface area contributed by atoms with Crippen LogP contribution in [0.15, 0.2) is 45.1 Å². The molecule has 0 unspecified atom stereocenters. The van der Waals surface area contributed by atoms with Gasteiger partial charge in [0.2, 0.25) is 0 Å². The summed E-state index contributed by atoms with van der Waals surface area (Å²) in [6.45, 7) is 0. The Morgan fingerprint density at radius 2 is 2.04 bits per heavy atom. The number of ether oxygens (including phenoxy) is 2. The molecule has 4 rings (SSSR count). The molecule has 0 aliphatic heterocycles. The number of hydrogen-bond donors (Lipinski definition) is 1. The molecule has 0 fully saturated rings. The second-order valence-corrected chi connectivity index (χ2v) is 6.95. The maximum atomic E-state index is 12.5. The minimum Gasteiger partial charge on any atom is -0.493 e. The van der Waals surface area contributed by atoms with E-state index in [1.54, 1.807) is 30.5 Å². The molecule has 0 aliphatic rings. The van der Waals surface area contributed by atoms with E-state index in [1.165, 1.54) is 25.6 Å². The van der Waals surface area contributed by atoms with Crippen LogP contribution in [-0.4, -0.2) is 29.2 Å². The Labute approximate surface area is 168 Å². The monoisotopic (exact) mass is 415 g/mol. The number of hydrogen-bond acceptors (Lipinski definition) is 7. The number of H-pyrrole nitrogens is 1. The molecule has 3 aromatic heterocycles. The highest BCUT2D eigenvalue weighted by Crippen LogP contribution is 2.31. The van der Waals surface area contributed by atoms with Crippen molar-refractivity contribution in [2.75, 3.05) is 14.2 Å². The summed E-state index contributed by atoms with van der Waals surface area (Å²) in [5, 5.41) is 3.20. The molecule has 0 spiro atoms. The Morgan fingerprint density at radius 1 is 1.25 bits per heavy atom. The lowest BCUT2D eigenvalue weighted by Gasteiger charge is -2.09. The lowest BCUT2D eigenvalue weighted by atomic mass is 10.2. The largest absolute Gasteiger partial charge is 0.493 e. The molecular weight excluding hydrogens is 402 g/mol. The van der Waals surface area contributed by atoms with E-state index in [1.807, 2.05) is 11.4 Å². The van der Waals surface area contributed by atoms with Crippen molar-refractivity contribution in [2.45, 2.75) is 0 Å². The molecule has 7 nitrogen and oxygen atoms in total. The third kappa shape index (κ3) is 3.39. The number of nitrogens with one attached hydrogen (secondary N) is 1. The average molecular weight is 416 g/mol. The van der Waals surface area contributed by atoms with Gasteiger partial charge in [-0.15, -0.1) is 11.3 Å². The summed E-state index contributed by atoms with van der Waals surface area (Å²) in [6, 6.07) is 6.84. The first-order valence-corrected chi connectivity index (χ1v) is 9.38. The van der Waals surface area contributed by atoms with E-state index in [9.17, 15) is 4.79 Å². The van der Waals surface area contributed by atoms with Gasteiger partial charge >= 0.3 is 0 Å². The molecule has 0 amide bonds. The third-order valence-corrected chi connectivity index (χ3v) is 5.13. The molecule has 1 N–H and O–H groups in total. The van der Waals surface area contributed by atoms with Crippen LogP contribution >= 0.6 is 22.9 Å².